The predicted octanol–water partition coefficient (Wildman–Crippen LogP) is 0.400. The Balaban J connectivity index is 1.79. The highest BCUT2D eigenvalue weighted by Crippen LogP contribution is 2.15. The summed E-state index contributed by atoms with van der Waals surface area (Å²) in [4.78, 5) is 13.5. The van der Waals surface area contributed by atoms with Crippen molar-refractivity contribution in [2.45, 2.75) is 29.6 Å². The van der Waals surface area contributed by atoms with Crippen molar-refractivity contribution in [1.29, 1.82) is 0 Å². The minimum atomic E-state index is -3.51. The van der Waals surface area contributed by atoms with E-state index in [0.29, 0.717) is 13.1 Å². The number of hydrogen-bond donors (Lipinski definition) is 2. The van der Waals surface area contributed by atoms with Crippen LogP contribution in [0.3, 0.4) is 0 Å². The highest BCUT2D eigenvalue weighted by Gasteiger charge is 2.22. The van der Waals surface area contributed by atoms with E-state index >= 15 is 0 Å². The van der Waals surface area contributed by atoms with Crippen molar-refractivity contribution in [3.05, 3.63) is 17.5 Å². The van der Waals surface area contributed by atoms with E-state index < -0.39 is 16.1 Å². The maximum Gasteiger partial charge on any atom is 0.250 e. The molecule has 1 fully saturated rings. The molecule has 1 aliphatic rings. The van der Waals surface area contributed by atoms with E-state index in [0.717, 1.165) is 24.2 Å². The molecule has 2 heterocycles. The monoisotopic (exact) mass is 318 g/mol. The lowest BCUT2D eigenvalue weighted by Crippen LogP contribution is -2.43. The molecule has 0 spiro atoms. The normalized spacial score (nSPS) is 20.1. The number of nitrogens with zero attached hydrogens (tertiary/aromatic N) is 1. The second-order valence-corrected chi connectivity index (χ2v) is 7.66. The van der Waals surface area contributed by atoms with Crippen LogP contribution in [0.1, 0.15) is 19.3 Å². The van der Waals surface area contributed by atoms with Crippen LogP contribution in [0, 0.1) is 0 Å². The molecule has 0 saturated carbocycles. The maximum absolute atomic E-state index is 11.9. The minimum absolute atomic E-state index is 0.0751. The zero-order valence-electron chi connectivity index (χ0n) is 11.0. The average molecular weight is 318 g/mol. The Hall–Kier alpha value is -0.960. The van der Waals surface area contributed by atoms with Crippen molar-refractivity contribution in [2.75, 3.05) is 19.6 Å². The summed E-state index contributed by atoms with van der Waals surface area (Å²) in [5, 5.41) is 11.2. The van der Waals surface area contributed by atoms with Gasteiger partial charge in [0, 0.05) is 26.1 Å². The van der Waals surface area contributed by atoms with Crippen LogP contribution in [-0.4, -0.2) is 50.1 Å². The first-order valence-corrected chi connectivity index (χ1v) is 8.84. The summed E-state index contributed by atoms with van der Waals surface area (Å²) in [6.45, 7) is 1.05. The van der Waals surface area contributed by atoms with E-state index in [1.165, 1.54) is 6.07 Å². The van der Waals surface area contributed by atoms with Crippen LogP contribution >= 0.6 is 11.3 Å². The summed E-state index contributed by atoms with van der Waals surface area (Å²) in [5.74, 6) is -0.127. The molecule has 20 heavy (non-hydrogen) atoms. The van der Waals surface area contributed by atoms with Gasteiger partial charge in [-0.05, 0) is 24.3 Å². The first-order chi connectivity index (χ1) is 9.49. The summed E-state index contributed by atoms with van der Waals surface area (Å²) in [6, 6.07) is 3.19. The Morgan fingerprint density at radius 3 is 3.00 bits per heavy atom. The summed E-state index contributed by atoms with van der Waals surface area (Å²) >= 11 is 1.14. The quantitative estimate of drug-likeness (QED) is 0.823. The van der Waals surface area contributed by atoms with Crippen LogP contribution in [0.15, 0.2) is 21.7 Å². The van der Waals surface area contributed by atoms with E-state index in [9.17, 15) is 18.3 Å². The Morgan fingerprint density at radius 1 is 1.55 bits per heavy atom. The molecule has 0 aliphatic carbocycles. The number of carbonyl (C=O) groups is 1. The summed E-state index contributed by atoms with van der Waals surface area (Å²) < 4.78 is 26.3. The summed E-state index contributed by atoms with van der Waals surface area (Å²) in [5.41, 5.74) is 0. The van der Waals surface area contributed by atoms with E-state index in [1.54, 1.807) is 16.3 Å². The molecule has 1 amide bonds. The van der Waals surface area contributed by atoms with Gasteiger partial charge in [0.25, 0.3) is 0 Å². The lowest BCUT2D eigenvalue weighted by atomic mass is 10.1. The van der Waals surface area contributed by atoms with Gasteiger partial charge in [-0.25, -0.2) is 13.1 Å². The smallest absolute Gasteiger partial charge is 0.250 e. The standard InChI is InChI=1S/C12H18N2O4S2/c15-10-3-1-7-14(9-10)11(16)5-6-13-20(17,18)12-4-2-8-19-12/h2,4,8,10,13,15H,1,3,5-7,9H2. The highest BCUT2D eigenvalue weighted by atomic mass is 32.2. The molecule has 1 aliphatic heterocycles. The van der Waals surface area contributed by atoms with Gasteiger partial charge in [0.2, 0.25) is 15.9 Å². The van der Waals surface area contributed by atoms with E-state index in [-0.39, 0.29) is 23.1 Å². The molecule has 1 unspecified atom stereocenters. The van der Waals surface area contributed by atoms with Gasteiger partial charge in [-0.15, -0.1) is 11.3 Å². The van der Waals surface area contributed by atoms with Gasteiger partial charge >= 0.3 is 0 Å². The molecule has 1 saturated heterocycles. The largest absolute Gasteiger partial charge is 0.391 e. The first-order valence-electron chi connectivity index (χ1n) is 6.48. The molecular weight excluding hydrogens is 300 g/mol. The Kier molecular flexibility index (Phi) is 5.14. The molecule has 1 aromatic rings. The SMILES string of the molecule is O=C(CCNS(=O)(=O)c1cccs1)N1CCCC(O)C1. The van der Waals surface area contributed by atoms with Crippen LogP contribution < -0.4 is 4.72 Å². The third-order valence-electron chi connectivity index (χ3n) is 3.14. The van der Waals surface area contributed by atoms with Gasteiger partial charge in [-0.3, -0.25) is 4.79 Å². The molecule has 1 atom stereocenters. The van der Waals surface area contributed by atoms with Crippen molar-refractivity contribution in [3.8, 4) is 0 Å². The zero-order chi connectivity index (χ0) is 14.6. The number of hydrogen-bond acceptors (Lipinski definition) is 5. The number of likely N-dealkylation sites (tertiary alicyclic amines) is 1. The number of nitrogens with one attached hydrogen (secondary N) is 1. The number of aliphatic hydroxyl groups excluding tert-OH is 1. The number of piperidine rings is 1. The average Bonchev–Trinajstić information content (AvgIpc) is 2.93. The summed E-state index contributed by atoms with van der Waals surface area (Å²) in [6.07, 6.45) is 1.15. The maximum atomic E-state index is 11.9. The number of thiophene rings is 1. The number of amides is 1. The molecule has 1 aromatic heterocycles. The van der Waals surface area contributed by atoms with E-state index in [2.05, 4.69) is 4.72 Å². The fourth-order valence-electron chi connectivity index (χ4n) is 2.12. The zero-order valence-corrected chi connectivity index (χ0v) is 12.6. The second kappa shape index (κ2) is 6.66. The predicted molar refractivity (Wildman–Crippen MR) is 75.9 cm³/mol. The Bertz CT molecular complexity index is 542. The van der Waals surface area contributed by atoms with Gasteiger partial charge in [-0.2, -0.15) is 0 Å². The number of carbonyl (C=O) groups excluding carboxylic acids is 1. The highest BCUT2D eigenvalue weighted by molar-refractivity contribution is 7.91. The lowest BCUT2D eigenvalue weighted by Gasteiger charge is -2.30. The van der Waals surface area contributed by atoms with Crippen molar-refractivity contribution in [3.63, 3.8) is 0 Å². The Labute approximate surface area is 122 Å². The fourth-order valence-corrected chi connectivity index (χ4v) is 4.19. The van der Waals surface area contributed by atoms with Crippen LogP contribution in [0.2, 0.25) is 0 Å². The lowest BCUT2D eigenvalue weighted by molar-refractivity contribution is -0.134. The molecule has 0 radical (unpaired) electrons. The fraction of sp³-hybridized carbons (Fsp3) is 0.583. The van der Waals surface area contributed by atoms with Gasteiger partial charge in [0.15, 0.2) is 0 Å². The number of sulfonamides is 1. The van der Waals surface area contributed by atoms with Crippen molar-refractivity contribution in [2.24, 2.45) is 0 Å². The summed E-state index contributed by atoms with van der Waals surface area (Å²) in [7, 11) is -3.51. The molecule has 2 N–H and O–H groups in total. The number of aliphatic hydroxyl groups is 1. The molecule has 6 nitrogen and oxygen atoms in total. The molecular formula is C12H18N2O4S2. The first kappa shape index (κ1) is 15.4. The third-order valence-corrected chi connectivity index (χ3v) is 6.00. The van der Waals surface area contributed by atoms with Crippen LogP contribution in [0.5, 0.6) is 0 Å². The van der Waals surface area contributed by atoms with Crippen molar-refractivity contribution in [1.82, 2.24) is 9.62 Å². The molecule has 8 heteroatoms. The van der Waals surface area contributed by atoms with Crippen molar-refractivity contribution >= 4 is 27.3 Å². The molecule has 112 valence electrons. The van der Waals surface area contributed by atoms with Crippen LogP contribution in [0.4, 0.5) is 0 Å². The number of rotatable bonds is 5. The number of β-amino-alcohol motifs (C(OH)–C–C–N with tert-alkyl or cyclic N) is 1. The minimum Gasteiger partial charge on any atom is -0.391 e. The van der Waals surface area contributed by atoms with Crippen LogP contribution in [0.25, 0.3) is 0 Å². The van der Waals surface area contributed by atoms with Crippen molar-refractivity contribution < 1.29 is 18.3 Å². The van der Waals surface area contributed by atoms with Gasteiger partial charge in [-0.1, -0.05) is 6.07 Å². The topological polar surface area (TPSA) is 86.7 Å². The molecule has 0 aromatic carbocycles. The molecule has 2 rings (SSSR count). The van der Waals surface area contributed by atoms with Gasteiger partial charge in [0.05, 0.1) is 6.10 Å². The second-order valence-electron chi connectivity index (χ2n) is 4.72. The van der Waals surface area contributed by atoms with E-state index in [1.807, 2.05) is 0 Å². The van der Waals surface area contributed by atoms with E-state index in [4.69, 9.17) is 0 Å². The van der Waals surface area contributed by atoms with Crippen LogP contribution in [-0.2, 0) is 14.8 Å². The molecule has 0 bridgehead atoms. The third kappa shape index (κ3) is 4.02. The Morgan fingerprint density at radius 2 is 2.35 bits per heavy atom. The van der Waals surface area contributed by atoms with Gasteiger partial charge in [0.1, 0.15) is 4.21 Å². The van der Waals surface area contributed by atoms with Gasteiger partial charge < -0.3 is 10.0 Å².